The quantitative estimate of drug-likeness (QED) is 0.851. The van der Waals surface area contributed by atoms with Gasteiger partial charge in [0.05, 0.1) is 12.6 Å². The predicted octanol–water partition coefficient (Wildman–Crippen LogP) is 2.88. The van der Waals surface area contributed by atoms with Crippen LogP contribution in [0.15, 0.2) is 41.8 Å². The molecular weight excluding hydrogens is 230 g/mol. The smallest absolute Gasteiger partial charge is 0.0627 e. The van der Waals surface area contributed by atoms with Gasteiger partial charge in [-0.05, 0) is 29.5 Å². The summed E-state index contributed by atoms with van der Waals surface area (Å²) in [5, 5.41) is 14.9. The van der Waals surface area contributed by atoms with Gasteiger partial charge in [-0.2, -0.15) is 0 Å². The maximum atomic E-state index is 9.44. The first-order valence-electron chi connectivity index (χ1n) is 5.73. The molecule has 1 unspecified atom stereocenters. The van der Waals surface area contributed by atoms with Gasteiger partial charge in [-0.15, -0.1) is 11.3 Å². The van der Waals surface area contributed by atoms with Crippen LogP contribution >= 0.6 is 11.3 Å². The molecule has 1 aromatic heterocycles. The van der Waals surface area contributed by atoms with Crippen molar-refractivity contribution in [1.82, 2.24) is 5.32 Å². The Balaban J connectivity index is 2.00. The lowest BCUT2D eigenvalue weighted by Crippen LogP contribution is -2.24. The number of nitrogens with one attached hydrogen (secondary N) is 1. The highest BCUT2D eigenvalue weighted by Gasteiger charge is 2.12. The van der Waals surface area contributed by atoms with Gasteiger partial charge in [-0.25, -0.2) is 0 Å². The van der Waals surface area contributed by atoms with Crippen molar-refractivity contribution < 1.29 is 5.11 Å². The monoisotopic (exact) mass is 247 g/mol. The molecule has 0 aliphatic heterocycles. The molecule has 0 spiro atoms. The standard InChI is InChI=1S/C14H17NOS/c1-11-13(7-8-17-11)14(10-16)15-9-12-5-3-2-4-6-12/h2-8,14-16H,9-10H2,1H3. The zero-order chi connectivity index (χ0) is 12.1. The van der Waals surface area contributed by atoms with Crippen LogP contribution in [0.5, 0.6) is 0 Å². The molecule has 0 fully saturated rings. The summed E-state index contributed by atoms with van der Waals surface area (Å²) >= 11 is 1.72. The van der Waals surface area contributed by atoms with E-state index < -0.39 is 0 Å². The van der Waals surface area contributed by atoms with Crippen LogP contribution in [0, 0.1) is 6.92 Å². The molecule has 1 atom stereocenters. The number of aryl methyl sites for hydroxylation is 1. The van der Waals surface area contributed by atoms with Gasteiger partial charge in [0.1, 0.15) is 0 Å². The van der Waals surface area contributed by atoms with E-state index in [1.165, 1.54) is 16.0 Å². The van der Waals surface area contributed by atoms with Gasteiger partial charge >= 0.3 is 0 Å². The van der Waals surface area contributed by atoms with Crippen molar-refractivity contribution in [3.8, 4) is 0 Å². The normalized spacial score (nSPS) is 12.6. The van der Waals surface area contributed by atoms with Crippen LogP contribution < -0.4 is 5.32 Å². The van der Waals surface area contributed by atoms with Crippen molar-refractivity contribution in [3.05, 3.63) is 57.8 Å². The topological polar surface area (TPSA) is 32.3 Å². The molecule has 0 aliphatic carbocycles. The summed E-state index contributed by atoms with van der Waals surface area (Å²) in [6.45, 7) is 3.00. The minimum atomic E-state index is 0.0291. The van der Waals surface area contributed by atoms with Crippen molar-refractivity contribution in [1.29, 1.82) is 0 Å². The van der Waals surface area contributed by atoms with Crippen LogP contribution in [0.3, 0.4) is 0 Å². The number of aliphatic hydroxyl groups is 1. The Hall–Kier alpha value is -1.16. The fourth-order valence-electron chi connectivity index (χ4n) is 1.87. The molecule has 2 rings (SSSR count). The van der Waals surface area contributed by atoms with Crippen molar-refractivity contribution in [2.24, 2.45) is 0 Å². The largest absolute Gasteiger partial charge is 0.394 e. The second kappa shape index (κ2) is 5.96. The number of thiophene rings is 1. The lowest BCUT2D eigenvalue weighted by atomic mass is 10.1. The third-order valence-electron chi connectivity index (χ3n) is 2.85. The molecule has 2 nitrogen and oxygen atoms in total. The lowest BCUT2D eigenvalue weighted by Gasteiger charge is -2.16. The maximum absolute atomic E-state index is 9.44. The van der Waals surface area contributed by atoms with Crippen LogP contribution in [-0.2, 0) is 6.54 Å². The average Bonchev–Trinajstić information content (AvgIpc) is 2.78. The van der Waals surface area contributed by atoms with Gasteiger partial charge < -0.3 is 10.4 Å². The van der Waals surface area contributed by atoms with Crippen molar-refractivity contribution >= 4 is 11.3 Å². The average molecular weight is 247 g/mol. The highest BCUT2D eigenvalue weighted by Crippen LogP contribution is 2.22. The third kappa shape index (κ3) is 3.16. The summed E-state index contributed by atoms with van der Waals surface area (Å²) < 4.78 is 0. The van der Waals surface area contributed by atoms with Crippen LogP contribution in [0.2, 0.25) is 0 Å². The van der Waals surface area contributed by atoms with E-state index in [1.54, 1.807) is 11.3 Å². The van der Waals surface area contributed by atoms with Gasteiger partial charge in [0.2, 0.25) is 0 Å². The van der Waals surface area contributed by atoms with E-state index in [9.17, 15) is 5.11 Å². The minimum absolute atomic E-state index is 0.0291. The lowest BCUT2D eigenvalue weighted by molar-refractivity contribution is 0.243. The summed E-state index contributed by atoms with van der Waals surface area (Å²) in [6, 6.07) is 12.3. The first kappa shape index (κ1) is 12.3. The number of aliphatic hydroxyl groups excluding tert-OH is 1. The third-order valence-corrected chi connectivity index (χ3v) is 3.71. The van der Waals surface area contributed by atoms with Crippen molar-refractivity contribution in [2.75, 3.05) is 6.61 Å². The molecule has 90 valence electrons. The molecule has 2 aromatic rings. The van der Waals surface area contributed by atoms with Gasteiger partial charge in [-0.3, -0.25) is 0 Å². The first-order valence-corrected chi connectivity index (χ1v) is 6.61. The molecule has 0 saturated heterocycles. The molecular formula is C14H17NOS. The molecule has 0 amide bonds. The van der Waals surface area contributed by atoms with Gasteiger partial charge in [-0.1, -0.05) is 30.3 Å². The number of hydrogen-bond acceptors (Lipinski definition) is 3. The Morgan fingerprint density at radius 3 is 2.59 bits per heavy atom. The van der Waals surface area contributed by atoms with Crippen LogP contribution in [0.4, 0.5) is 0 Å². The van der Waals surface area contributed by atoms with Crippen molar-refractivity contribution in [2.45, 2.75) is 19.5 Å². The highest BCUT2D eigenvalue weighted by atomic mass is 32.1. The van der Waals surface area contributed by atoms with E-state index in [1.807, 2.05) is 18.2 Å². The van der Waals surface area contributed by atoms with E-state index in [4.69, 9.17) is 0 Å². The number of benzene rings is 1. The highest BCUT2D eigenvalue weighted by molar-refractivity contribution is 7.10. The molecule has 3 heteroatoms. The summed E-state index contributed by atoms with van der Waals surface area (Å²) in [5.41, 5.74) is 2.44. The minimum Gasteiger partial charge on any atom is -0.394 e. The SMILES string of the molecule is Cc1sccc1C(CO)NCc1ccccc1. The number of hydrogen-bond donors (Lipinski definition) is 2. The Morgan fingerprint density at radius 1 is 1.24 bits per heavy atom. The zero-order valence-electron chi connectivity index (χ0n) is 9.89. The van der Waals surface area contributed by atoms with Crippen LogP contribution in [0.25, 0.3) is 0 Å². The molecule has 1 aromatic carbocycles. The summed E-state index contributed by atoms with van der Waals surface area (Å²) in [7, 11) is 0. The van der Waals surface area contributed by atoms with Crippen LogP contribution in [-0.4, -0.2) is 11.7 Å². The Morgan fingerprint density at radius 2 is 2.00 bits per heavy atom. The Labute approximate surface area is 106 Å². The van der Waals surface area contributed by atoms with Gasteiger partial charge in [0, 0.05) is 11.4 Å². The maximum Gasteiger partial charge on any atom is 0.0627 e. The van der Waals surface area contributed by atoms with Crippen molar-refractivity contribution in [3.63, 3.8) is 0 Å². The second-order valence-corrected chi connectivity index (χ2v) is 5.15. The molecule has 2 N–H and O–H groups in total. The van der Waals surface area contributed by atoms with Gasteiger partial charge in [0.25, 0.3) is 0 Å². The summed E-state index contributed by atoms with van der Waals surface area (Å²) in [5.74, 6) is 0. The fraction of sp³-hybridized carbons (Fsp3) is 0.286. The summed E-state index contributed by atoms with van der Waals surface area (Å²) in [6.07, 6.45) is 0. The molecule has 0 aliphatic rings. The van der Waals surface area contributed by atoms with E-state index in [0.29, 0.717) is 0 Å². The first-order chi connectivity index (χ1) is 8.31. The van der Waals surface area contributed by atoms with E-state index in [2.05, 4.69) is 35.8 Å². The van der Waals surface area contributed by atoms with Gasteiger partial charge in [0.15, 0.2) is 0 Å². The second-order valence-electron chi connectivity index (χ2n) is 4.03. The summed E-state index contributed by atoms with van der Waals surface area (Å²) in [4.78, 5) is 1.27. The molecule has 0 saturated carbocycles. The molecule has 17 heavy (non-hydrogen) atoms. The fourth-order valence-corrected chi connectivity index (χ4v) is 2.63. The predicted molar refractivity (Wildman–Crippen MR) is 72.2 cm³/mol. The van der Waals surface area contributed by atoms with Crippen LogP contribution in [0.1, 0.15) is 22.0 Å². The Kier molecular flexibility index (Phi) is 4.31. The van der Waals surface area contributed by atoms with E-state index in [-0.39, 0.29) is 12.6 Å². The molecule has 0 bridgehead atoms. The Bertz CT molecular complexity index is 452. The van der Waals surface area contributed by atoms with E-state index in [0.717, 1.165) is 6.54 Å². The molecule has 0 radical (unpaired) electrons. The zero-order valence-corrected chi connectivity index (χ0v) is 10.7. The molecule has 1 heterocycles. The number of rotatable bonds is 5. The van der Waals surface area contributed by atoms with E-state index >= 15 is 0 Å².